The molecule has 0 spiro atoms. The molecule has 0 aliphatic heterocycles. The van der Waals surface area contributed by atoms with Crippen LogP contribution in [-0.2, 0) is 4.79 Å². The Balaban J connectivity index is 1.37. The lowest BCUT2D eigenvalue weighted by molar-refractivity contribution is -0.115. The van der Waals surface area contributed by atoms with Gasteiger partial charge in [0.25, 0.3) is 5.91 Å². The third-order valence-electron chi connectivity index (χ3n) is 6.43. The summed E-state index contributed by atoms with van der Waals surface area (Å²) in [6, 6.07) is 33.7. The number of amides is 2. The fourth-order valence-electron chi connectivity index (χ4n) is 4.37. The molecule has 1 unspecified atom stereocenters. The molecular weight excluding hydrogens is 556 g/mol. The largest absolute Gasteiger partial charge is 0.495 e. The van der Waals surface area contributed by atoms with Crippen LogP contribution in [0.3, 0.4) is 0 Å². The molecule has 6 nitrogen and oxygen atoms in total. The quantitative estimate of drug-likeness (QED) is 0.171. The van der Waals surface area contributed by atoms with Crippen LogP contribution in [0.1, 0.15) is 21.2 Å². The predicted molar refractivity (Wildman–Crippen MR) is 167 cm³/mol. The highest BCUT2D eigenvalue weighted by Crippen LogP contribution is 2.40. The van der Waals surface area contributed by atoms with Gasteiger partial charge < -0.3 is 20.1 Å². The minimum absolute atomic E-state index is 0.210. The average Bonchev–Trinajstić information content (AvgIpc) is 3.00. The lowest BCUT2D eigenvalue weighted by Crippen LogP contribution is -2.19. The van der Waals surface area contributed by atoms with E-state index in [2.05, 4.69) is 10.6 Å². The molecule has 0 radical (unpaired) electrons. The summed E-state index contributed by atoms with van der Waals surface area (Å²) in [6.45, 7) is 0. The maximum atomic E-state index is 13.7. The van der Waals surface area contributed by atoms with Gasteiger partial charge in [-0.05, 0) is 52.7 Å². The normalized spacial score (nSPS) is 11.5. The fraction of sp³-hybridized carbons (Fsp3) is 0.0909. The Hall–Kier alpha value is -4.46. The number of hydrogen-bond donors (Lipinski definition) is 2. The SMILES string of the molecule is COc1cc(OC)c(NC(=O)C(Sc2cccc(NC(=O)c3ccc4ccccc4c3)c2)c2ccccc2)cc1Cl. The maximum absolute atomic E-state index is 13.7. The number of anilines is 2. The lowest BCUT2D eigenvalue weighted by atomic mass is 10.1. The summed E-state index contributed by atoms with van der Waals surface area (Å²) in [7, 11) is 3.03. The van der Waals surface area contributed by atoms with Crippen LogP contribution < -0.4 is 20.1 Å². The number of ether oxygens (including phenoxy) is 2. The standard InChI is InChI=1S/C33H27ClN2O4S/c1-39-29-20-30(40-2)28(19-27(29)34)36-33(38)31(22-10-4-3-5-11-22)41-26-14-8-13-25(18-26)35-32(37)24-16-15-21-9-6-7-12-23(21)17-24/h3-20,31H,1-2H3,(H,35,37)(H,36,38). The lowest BCUT2D eigenvalue weighted by Gasteiger charge is -2.19. The Kier molecular flexibility index (Phi) is 8.77. The van der Waals surface area contributed by atoms with E-state index in [-0.39, 0.29) is 11.8 Å². The summed E-state index contributed by atoms with van der Waals surface area (Å²) in [5, 5.41) is 7.76. The van der Waals surface area contributed by atoms with Crippen LogP contribution in [-0.4, -0.2) is 26.0 Å². The van der Waals surface area contributed by atoms with Gasteiger partial charge in [-0.3, -0.25) is 9.59 Å². The fourth-order valence-corrected chi connectivity index (χ4v) is 5.70. The van der Waals surface area contributed by atoms with Crippen LogP contribution in [0.5, 0.6) is 11.5 Å². The third kappa shape index (κ3) is 6.65. The molecule has 5 rings (SSSR count). The van der Waals surface area contributed by atoms with Gasteiger partial charge in [0.1, 0.15) is 16.7 Å². The van der Waals surface area contributed by atoms with Gasteiger partial charge in [0.2, 0.25) is 5.91 Å². The van der Waals surface area contributed by atoms with Crippen molar-refractivity contribution in [1.29, 1.82) is 0 Å². The van der Waals surface area contributed by atoms with E-state index in [0.29, 0.717) is 33.5 Å². The minimum atomic E-state index is -0.603. The summed E-state index contributed by atoms with van der Waals surface area (Å²) in [5.41, 5.74) is 2.44. The Bertz CT molecular complexity index is 1710. The number of benzene rings is 5. The second-order valence-corrected chi connectivity index (χ2v) is 10.7. The molecule has 0 saturated heterocycles. The molecule has 1 atom stereocenters. The van der Waals surface area contributed by atoms with E-state index in [4.69, 9.17) is 21.1 Å². The smallest absolute Gasteiger partial charge is 0.255 e. The van der Waals surface area contributed by atoms with Gasteiger partial charge in [0.05, 0.1) is 24.9 Å². The first-order chi connectivity index (χ1) is 19.9. The zero-order chi connectivity index (χ0) is 28.8. The molecular formula is C33H27ClN2O4S. The summed E-state index contributed by atoms with van der Waals surface area (Å²) in [6.07, 6.45) is 0. The molecule has 206 valence electrons. The summed E-state index contributed by atoms with van der Waals surface area (Å²) in [4.78, 5) is 27.5. The first-order valence-corrected chi connectivity index (χ1v) is 14.0. The topological polar surface area (TPSA) is 76.7 Å². The first kappa shape index (κ1) is 28.1. The summed E-state index contributed by atoms with van der Waals surface area (Å²) < 4.78 is 10.7. The van der Waals surface area contributed by atoms with Gasteiger partial charge in [-0.15, -0.1) is 11.8 Å². The monoisotopic (exact) mass is 582 g/mol. The van der Waals surface area contributed by atoms with Crippen molar-refractivity contribution in [2.75, 3.05) is 24.9 Å². The van der Waals surface area contributed by atoms with Gasteiger partial charge in [-0.25, -0.2) is 0 Å². The van der Waals surface area contributed by atoms with Gasteiger partial charge >= 0.3 is 0 Å². The summed E-state index contributed by atoms with van der Waals surface area (Å²) >= 11 is 7.70. The Morgan fingerprint density at radius 1 is 0.732 bits per heavy atom. The van der Waals surface area contributed by atoms with Crippen molar-refractivity contribution in [1.82, 2.24) is 0 Å². The number of fused-ring (bicyclic) bond motifs is 1. The minimum Gasteiger partial charge on any atom is -0.495 e. The molecule has 0 aliphatic carbocycles. The molecule has 5 aromatic carbocycles. The number of carbonyl (C=O) groups excluding carboxylic acids is 2. The van der Waals surface area contributed by atoms with E-state index < -0.39 is 5.25 Å². The summed E-state index contributed by atoms with van der Waals surface area (Å²) in [5.74, 6) is 0.401. The highest BCUT2D eigenvalue weighted by Gasteiger charge is 2.24. The van der Waals surface area contributed by atoms with Crippen LogP contribution in [0.25, 0.3) is 10.8 Å². The average molecular weight is 583 g/mol. The van der Waals surface area contributed by atoms with Crippen molar-refractivity contribution in [3.8, 4) is 11.5 Å². The third-order valence-corrected chi connectivity index (χ3v) is 7.97. The number of hydrogen-bond acceptors (Lipinski definition) is 5. The van der Waals surface area contributed by atoms with Gasteiger partial charge in [-0.1, -0.05) is 78.3 Å². The van der Waals surface area contributed by atoms with E-state index >= 15 is 0 Å². The van der Waals surface area contributed by atoms with Crippen molar-refractivity contribution in [2.45, 2.75) is 10.1 Å². The number of methoxy groups -OCH3 is 2. The molecule has 0 saturated carbocycles. The molecule has 0 bridgehead atoms. The molecule has 41 heavy (non-hydrogen) atoms. The number of nitrogens with one attached hydrogen (secondary N) is 2. The molecule has 0 aliphatic rings. The van der Waals surface area contributed by atoms with E-state index in [1.54, 1.807) is 12.1 Å². The maximum Gasteiger partial charge on any atom is 0.255 e. The van der Waals surface area contributed by atoms with Crippen LogP contribution in [0, 0.1) is 0 Å². The van der Waals surface area contributed by atoms with Crippen LogP contribution >= 0.6 is 23.4 Å². The van der Waals surface area contributed by atoms with Crippen molar-refractivity contribution >= 4 is 57.3 Å². The highest BCUT2D eigenvalue weighted by atomic mass is 35.5. The van der Waals surface area contributed by atoms with Gasteiger partial charge in [-0.2, -0.15) is 0 Å². The number of rotatable bonds is 9. The van der Waals surface area contributed by atoms with E-state index in [9.17, 15) is 9.59 Å². The molecule has 0 aromatic heterocycles. The van der Waals surface area contributed by atoms with Crippen LogP contribution in [0.4, 0.5) is 11.4 Å². The first-order valence-electron chi connectivity index (χ1n) is 12.8. The highest BCUT2D eigenvalue weighted by molar-refractivity contribution is 8.00. The Morgan fingerprint density at radius 2 is 1.46 bits per heavy atom. The van der Waals surface area contributed by atoms with Gasteiger partial charge in [0, 0.05) is 22.2 Å². The molecule has 5 aromatic rings. The zero-order valence-electron chi connectivity index (χ0n) is 22.4. The molecule has 0 heterocycles. The van der Waals surface area contributed by atoms with Crippen molar-refractivity contribution in [3.05, 3.63) is 125 Å². The van der Waals surface area contributed by atoms with E-state index in [1.165, 1.54) is 26.0 Å². The second-order valence-electron chi connectivity index (χ2n) is 9.13. The van der Waals surface area contributed by atoms with Crippen molar-refractivity contribution in [3.63, 3.8) is 0 Å². The molecule has 8 heteroatoms. The predicted octanol–water partition coefficient (Wildman–Crippen LogP) is 8.23. The van der Waals surface area contributed by atoms with E-state index in [0.717, 1.165) is 21.2 Å². The Morgan fingerprint density at radius 3 is 2.22 bits per heavy atom. The zero-order valence-corrected chi connectivity index (χ0v) is 24.0. The number of halogens is 1. The van der Waals surface area contributed by atoms with E-state index in [1.807, 2.05) is 97.1 Å². The molecule has 0 fully saturated rings. The molecule has 2 amide bonds. The van der Waals surface area contributed by atoms with Gasteiger partial charge in [0.15, 0.2) is 0 Å². The Labute approximate surface area is 247 Å². The number of thioether (sulfide) groups is 1. The van der Waals surface area contributed by atoms with Crippen LogP contribution in [0.15, 0.2) is 114 Å². The second kappa shape index (κ2) is 12.8. The van der Waals surface area contributed by atoms with Crippen molar-refractivity contribution in [2.24, 2.45) is 0 Å². The van der Waals surface area contributed by atoms with Crippen molar-refractivity contribution < 1.29 is 19.1 Å². The number of carbonyl (C=O) groups is 2. The van der Waals surface area contributed by atoms with Crippen LogP contribution in [0.2, 0.25) is 5.02 Å². The molecule has 2 N–H and O–H groups in total.